The van der Waals surface area contributed by atoms with E-state index in [0.29, 0.717) is 31.3 Å². The third-order valence-electron chi connectivity index (χ3n) is 6.07. The predicted molar refractivity (Wildman–Crippen MR) is 137 cm³/mol. The topological polar surface area (TPSA) is 110 Å². The molecule has 0 saturated carbocycles. The van der Waals surface area contributed by atoms with Gasteiger partial charge in [-0.15, -0.1) is 0 Å². The maximum atomic E-state index is 13.5. The molecule has 2 aromatic rings. The van der Waals surface area contributed by atoms with Crippen molar-refractivity contribution in [1.82, 2.24) is 25.1 Å². The van der Waals surface area contributed by atoms with Crippen molar-refractivity contribution in [3.05, 3.63) is 65.1 Å². The number of aromatic nitrogens is 2. The molecule has 0 unspecified atom stereocenters. The summed E-state index contributed by atoms with van der Waals surface area (Å²) in [5.74, 6) is 1.28. The lowest BCUT2D eigenvalue weighted by Crippen LogP contribution is -2.52. The van der Waals surface area contributed by atoms with Crippen molar-refractivity contribution in [3.8, 4) is 6.07 Å². The van der Waals surface area contributed by atoms with Crippen molar-refractivity contribution in [1.29, 1.82) is 5.26 Å². The molecule has 1 atom stereocenters. The van der Waals surface area contributed by atoms with Crippen LogP contribution in [0.2, 0.25) is 0 Å². The zero-order chi connectivity index (χ0) is 23.6. The van der Waals surface area contributed by atoms with Gasteiger partial charge in [-0.3, -0.25) is 4.99 Å². The number of hydrogen-bond acceptors (Lipinski definition) is 7. The van der Waals surface area contributed by atoms with Crippen molar-refractivity contribution in [2.75, 3.05) is 39.0 Å². The lowest BCUT2D eigenvalue weighted by molar-refractivity contribution is 0.165. The summed E-state index contributed by atoms with van der Waals surface area (Å²) in [5, 5.41) is 15.5. The van der Waals surface area contributed by atoms with Crippen LogP contribution in [0.15, 0.2) is 58.7 Å². The Morgan fingerprint density at radius 2 is 2.00 bits per heavy atom. The number of hydrogen-bond donors (Lipinski definition) is 2. The molecular formula is C24H30N8OS. The first-order valence-electron chi connectivity index (χ1n) is 10.8. The van der Waals surface area contributed by atoms with Crippen LogP contribution in [0.4, 0.5) is 10.6 Å². The first kappa shape index (κ1) is 25.2. The Morgan fingerprint density at radius 3 is 2.68 bits per heavy atom. The van der Waals surface area contributed by atoms with Gasteiger partial charge in [0.25, 0.3) is 0 Å². The number of nitriles is 1. The van der Waals surface area contributed by atoms with E-state index in [2.05, 4.69) is 44.3 Å². The number of nitrogens with zero attached hydrogens (tertiary/aromatic N) is 6. The molecule has 0 bridgehead atoms. The van der Waals surface area contributed by atoms with E-state index in [1.165, 1.54) is 6.20 Å². The van der Waals surface area contributed by atoms with E-state index in [1.54, 1.807) is 6.07 Å². The summed E-state index contributed by atoms with van der Waals surface area (Å²) in [7, 11) is 3.99. The third-order valence-corrected chi connectivity index (χ3v) is 6.07. The summed E-state index contributed by atoms with van der Waals surface area (Å²) >= 11 is 0. The zero-order valence-corrected chi connectivity index (χ0v) is 20.8. The minimum absolute atomic E-state index is 0. The number of amidine groups is 1. The van der Waals surface area contributed by atoms with Crippen molar-refractivity contribution in [2.24, 2.45) is 4.99 Å². The fraction of sp³-hybridized carbons (Fsp3) is 0.375. The van der Waals surface area contributed by atoms with E-state index in [9.17, 15) is 4.79 Å². The van der Waals surface area contributed by atoms with Crippen LogP contribution in [0.25, 0.3) is 0 Å². The molecule has 0 aliphatic carbocycles. The standard InChI is InChI=1S/C24H28N8O.H2S/c1-24(2)18-13-27-22(30-20-10-11-26-21(12-25)29-20)17(18)14-32(24)23(33)28-19(15-31(3)4)16-8-6-5-7-9-16;/h5-11,19H,13-15H2,1-4H3,(H,28,33)(H,26,27,29,30);1H2/t19-;/m1./s1. The number of urea groups is 1. The Morgan fingerprint density at radius 1 is 1.26 bits per heavy atom. The number of aliphatic imine (C=N–C) groups is 1. The smallest absolute Gasteiger partial charge is 0.318 e. The van der Waals surface area contributed by atoms with Gasteiger partial charge < -0.3 is 20.4 Å². The zero-order valence-electron chi connectivity index (χ0n) is 19.8. The van der Waals surface area contributed by atoms with Crippen LogP contribution in [0, 0.1) is 11.3 Å². The number of nitrogens with one attached hydrogen (secondary N) is 2. The second kappa shape index (κ2) is 10.2. The summed E-state index contributed by atoms with van der Waals surface area (Å²) in [4.78, 5) is 30.1. The van der Waals surface area contributed by atoms with E-state index < -0.39 is 5.54 Å². The first-order valence-corrected chi connectivity index (χ1v) is 10.8. The van der Waals surface area contributed by atoms with Crippen molar-refractivity contribution >= 4 is 31.2 Å². The molecule has 0 fully saturated rings. The molecule has 2 N–H and O–H groups in total. The lowest BCUT2D eigenvalue weighted by Gasteiger charge is -2.36. The number of anilines is 1. The Kier molecular flexibility index (Phi) is 7.59. The van der Waals surface area contributed by atoms with Crippen LogP contribution < -0.4 is 10.6 Å². The molecule has 2 aliphatic heterocycles. The van der Waals surface area contributed by atoms with Gasteiger partial charge in [-0.2, -0.15) is 18.8 Å². The number of rotatable bonds is 5. The summed E-state index contributed by atoms with van der Waals surface area (Å²) < 4.78 is 0. The molecule has 3 heterocycles. The molecule has 4 rings (SSSR count). The van der Waals surface area contributed by atoms with Gasteiger partial charge in [-0.25, -0.2) is 14.8 Å². The Balaban J connectivity index is 0.00000324. The summed E-state index contributed by atoms with van der Waals surface area (Å²) in [6.45, 7) is 5.76. The van der Waals surface area contributed by atoms with E-state index in [1.807, 2.05) is 55.4 Å². The van der Waals surface area contributed by atoms with Crippen LogP contribution in [-0.4, -0.2) is 70.9 Å². The maximum Gasteiger partial charge on any atom is 0.318 e. The highest BCUT2D eigenvalue weighted by molar-refractivity contribution is 7.59. The second-order valence-electron chi connectivity index (χ2n) is 8.94. The van der Waals surface area contributed by atoms with E-state index >= 15 is 0 Å². The molecule has 178 valence electrons. The predicted octanol–water partition coefficient (Wildman–Crippen LogP) is 2.69. The molecule has 0 saturated heterocycles. The van der Waals surface area contributed by atoms with Gasteiger partial charge in [0.2, 0.25) is 5.82 Å². The third kappa shape index (κ3) is 5.05. The van der Waals surface area contributed by atoms with E-state index in [4.69, 9.17) is 5.26 Å². The maximum absolute atomic E-state index is 13.5. The second-order valence-corrected chi connectivity index (χ2v) is 8.94. The van der Waals surface area contributed by atoms with Crippen molar-refractivity contribution in [2.45, 2.75) is 25.4 Å². The molecule has 2 amide bonds. The van der Waals surface area contributed by atoms with E-state index in [0.717, 1.165) is 16.7 Å². The van der Waals surface area contributed by atoms with Crippen LogP contribution in [0.5, 0.6) is 0 Å². The molecule has 0 radical (unpaired) electrons. The van der Waals surface area contributed by atoms with E-state index in [-0.39, 0.29) is 31.4 Å². The summed E-state index contributed by atoms with van der Waals surface area (Å²) in [6, 6.07) is 13.4. The van der Waals surface area contributed by atoms with Gasteiger partial charge in [0.1, 0.15) is 17.7 Å². The highest BCUT2D eigenvalue weighted by Gasteiger charge is 2.45. The molecule has 10 heteroatoms. The number of carbonyl (C=O) groups excluding carboxylic acids is 1. The highest BCUT2D eigenvalue weighted by Crippen LogP contribution is 2.38. The number of amides is 2. The van der Waals surface area contributed by atoms with Gasteiger partial charge >= 0.3 is 6.03 Å². The average molecular weight is 479 g/mol. The minimum Gasteiger partial charge on any atom is -0.330 e. The lowest BCUT2D eigenvalue weighted by atomic mass is 9.94. The molecular weight excluding hydrogens is 448 g/mol. The van der Waals surface area contributed by atoms with Crippen LogP contribution >= 0.6 is 13.5 Å². The quantitative estimate of drug-likeness (QED) is 0.684. The molecule has 2 aliphatic rings. The molecule has 0 spiro atoms. The summed E-state index contributed by atoms with van der Waals surface area (Å²) in [6.07, 6.45) is 1.53. The summed E-state index contributed by atoms with van der Waals surface area (Å²) in [5.41, 5.74) is 2.70. The van der Waals surface area contributed by atoms with Gasteiger partial charge in [0.05, 0.1) is 24.7 Å². The minimum atomic E-state index is -0.477. The molecule has 1 aromatic heterocycles. The molecule has 1 aromatic carbocycles. The van der Waals surface area contributed by atoms with Gasteiger partial charge in [0, 0.05) is 18.3 Å². The molecule has 9 nitrogen and oxygen atoms in total. The van der Waals surface area contributed by atoms with Crippen LogP contribution in [-0.2, 0) is 0 Å². The van der Waals surface area contributed by atoms with Crippen molar-refractivity contribution < 1.29 is 4.79 Å². The fourth-order valence-electron chi connectivity index (χ4n) is 4.30. The normalized spacial score (nSPS) is 16.9. The van der Waals surface area contributed by atoms with Gasteiger partial charge in [0.15, 0.2) is 0 Å². The monoisotopic (exact) mass is 478 g/mol. The Bertz CT molecular complexity index is 1150. The SMILES string of the molecule is CN(C)C[C@@H](NC(=O)N1CC2=C(CN=C2Nc2ccnc(C#N)n2)C1(C)C)c1ccccc1.S. The van der Waals surface area contributed by atoms with Crippen LogP contribution in [0.1, 0.15) is 31.3 Å². The number of carbonyl (C=O) groups is 1. The first-order chi connectivity index (χ1) is 15.8. The number of benzene rings is 1. The molecule has 34 heavy (non-hydrogen) atoms. The van der Waals surface area contributed by atoms with Crippen LogP contribution in [0.3, 0.4) is 0 Å². The Labute approximate surface area is 207 Å². The fourth-order valence-corrected chi connectivity index (χ4v) is 4.30. The number of likely N-dealkylation sites (N-methyl/N-ethyl adjacent to an activating group) is 1. The van der Waals surface area contributed by atoms with Gasteiger partial charge in [-0.1, -0.05) is 30.3 Å². The largest absolute Gasteiger partial charge is 0.330 e. The average Bonchev–Trinajstić information content (AvgIpc) is 3.31. The van der Waals surface area contributed by atoms with Gasteiger partial charge in [-0.05, 0) is 45.1 Å². The Hall–Kier alpha value is -3.42. The van der Waals surface area contributed by atoms with Crippen molar-refractivity contribution in [3.63, 3.8) is 0 Å². The highest BCUT2D eigenvalue weighted by atomic mass is 32.1.